The first-order chi connectivity index (χ1) is 9.38. The Morgan fingerprint density at radius 1 is 1.15 bits per heavy atom. The van der Waals surface area contributed by atoms with Crippen molar-refractivity contribution in [1.82, 2.24) is 0 Å². The van der Waals surface area contributed by atoms with Crippen molar-refractivity contribution >= 4 is 46.2 Å². The lowest BCUT2D eigenvalue weighted by atomic mass is 10.1. The summed E-state index contributed by atoms with van der Waals surface area (Å²) < 4.78 is 13.1. The van der Waals surface area contributed by atoms with Gasteiger partial charge >= 0.3 is 0 Å². The van der Waals surface area contributed by atoms with Crippen molar-refractivity contribution < 1.29 is 9.18 Å². The fraction of sp³-hybridized carbons (Fsp3) is 0. The Hall–Kier alpha value is -1.98. The van der Waals surface area contributed by atoms with Gasteiger partial charge in [0, 0.05) is 5.69 Å². The number of nitrogens with one attached hydrogen (secondary N) is 1. The highest BCUT2D eigenvalue weighted by atomic mass is 35.5. The Morgan fingerprint density at radius 2 is 1.75 bits per heavy atom. The Kier molecular flexibility index (Phi) is 4.01. The summed E-state index contributed by atoms with van der Waals surface area (Å²) in [6, 6.07) is 6.79. The van der Waals surface area contributed by atoms with Crippen LogP contribution in [0.4, 0.5) is 21.5 Å². The van der Waals surface area contributed by atoms with E-state index in [-0.39, 0.29) is 21.3 Å². The standard InChI is InChI=1S/C13H10Cl2FN3O/c14-9-3-6(16)4-10(15)12(9)19-11-2-1-7(17)5-8(11)13(18)20/h1-5,19H,17H2,(H2,18,20). The highest BCUT2D eigenvalue weighted by Crippen LogP contribution is 2.35. The fourth-order valence-corrected chi connectivity index (χ4v) is 2.23. The maximum Gasteiger partial charge on any atom is 0.250 e. The largest absolute Gasteiger partial charge is 0.399 e. The number of hydrogen-bond donors (Lipinski definition) is 3. The molecule has 0 aliphatic rings. The lowest BCUT2D eigenvalue weighted by Gasteiger charge is -2.13. The van der Waals surface area contributed by atoms with E-state index in [1.807, 2.05) is 0 Å². The lowest BCUT2D eigenvalue weighted by molar-refractivity contribution is 0.100. The zero-order valence-electron chi connectivity index (χ0n) is 10.1. The minimum Gasteiger partial charge on any atom is -0.399 e. The fourth-order valence-electron chi connectivity index (χ4n) is 1.67. The van der Waals surface area contributed by atoms with Gasteiger partial charge in [0.25, 0.3) is 5.91 Å². The van der Waals surface area contributed by atoms with Crippen molar-refractivity contribution in [2.45, 2.75) is 0 Å². The molecule has 0 bridgehead atoms. The SMILES string of the molecule is NC(=O)c1cc(N)ccc1Nc1c(Cl)cc(F)cc1Cl. The van der Waals surface area contributed by atoms with Crippen LogP contribution in [0.15, 0.2) is 30.3 Å². The van der Waals surface area contributed by atoms with Gasteiger partial charge in [0.1, 0.15) is 5.82 Å². The van der Waals surface area contributed by atoms with Gasteiger partial charge in [-0.3, -0.25) is 4.79 Å². The zero-order valence-corrected chi connectivity index (χ0v) is 11.6. The Balaban J connectivity index is 2.48. The maximum atomic E-state index is 13.1. The molecule has 0 aliphatic heterocycles. The van der Waals surface area contributed by atoms with Crippen LogP contribution in [0.5, 0.6) is 0 Å². The van der Waals surface area contributed by atoms with E-state index in [0.717, 1.165) is 12.1 Å². The number of hydrogen-bond acceptors (Lipinski definition) is 3. The monoisotopic (exact) mass is 313 g/mol. The van der Waals surface area contributed by atoms with E-state index in [4.69, 9.17) is 34.7 Å². The minimum atomic E-state index is -0.658. The molecule has 2 aromatic carbocycles. The van der Waals surface area contributed by atoms with Crippen LogP contribution in [-0.4, -0.2) is 5.91 Å². The van der Waals surface area contributed by atoms with Crippen LogP contribution in [0, 0.1) is 5.82 Å². The number of primary amides is 1. The Morgan fingerprint density at radius 3 is 2.30 bits per heavy atom. The average molecular weight is 314 g/mol. The number of rotatable bonds is 3. The summed E-state index contributed by atoms with van der Waals surface area (Å²) in [5.41, 5.74) is 12.1. The van der Waals surface area contributed by atoms with Crippen LogP contribution in [0.25, 0.3) is 0 Å². The molecule has 0 atom stereocenters. The van der Waals surface area contributed by atoms with E-state index in [1.165, 1.54) is 6.07 Å². The molecule has 0 fully saturated rings. The molecule has 0 spiro atoms. The van der Waals surface area contributed by atoms with Gasteiger partial charge in [0.05, 0.1) is 27.0 Å². The quantitative estimate of drug-likeness (QED) is 0.758. The third-order valence-electron chi connectivity index (χ3n) is 2.58. The number of carbonyl (C=O) groups is 1. The van der Waals surface area contributed by atoms with Gasteiger partial charge in [-0.05, 0) is 30.3 Å². The summed E-state index contributed by atoms with van der Waals surface area (Å²) in [6.07, 6.45) is 0. The number of anilines is 3. The Labute approximate surface area is 124 Å². The normalized spacial score (nSPS) is 10.3. The van der Waals surface area contributed by atoms with Crippen LogP contribution in [-0.2, 0) is 0 Å². The number of halogens is 3. The van der Waals surface area contributed by atoms with Gasteiger partial charge < -0.3 is 16.8 Å². The highest BCUT2D eigenvalue weighted by molar-refractivity contribution is 6.39. The van der Waals surface area contributed by atoms with Crippen molar-refractivity contribution in [3.05, 3.63) is 51.8 Å². The summed E-state index contributed by atoms with van der Waals surface area (Å²) in [5, 5.41) is 3.03. The smallest absolute Gasteiger partial charge is 0.250 e. The summed E-state index contributed by atoms with van der Waals surface area (Å²) in [4.78, 5) is 11.4. The molecule has 4 nitrogen and oxygen atoms in total. The second-order valence-corrected chi connectivity index (χ2v) is 4.85. The predicted octanol–water partition coefficient (Wildman–Crippen LogP) is 3.56. The van der Waals surface area contributed by atoms with Crippen molar-refractivity contribution in [3.8, 4) is 0 Å². The highest BCUT2D eigenvalue weighted by Gasteiger charge is 2.13. The number of nitrogens with two attached hydrogens (primary N) is 2. The second-order valence-electron chi connectivity index (χ2n) is 4.04. The van der Waals surface area contributed by atoms with Crippen molar-refractivity contribution in [3.63, 3.8) is 0 Å². The molecule has 0 saturated heterocycles. The molecule has 0 aromatic heterocycles. The molecule has 5 N–H and O–H groups in total. The molecular weight excluding hydrogens is 304 g/mol. The van der Waals surface area contributed by atoms with Crippen LogP contribution in [0.1, 0.15) is 10.4 Å². The van der Waals surface area contributed by atoms with Crippen LogP contribution in [0.2, 0.25) is 10.0 Å². The number of nitrogen functional groups attached to an aromatic ring is 1. The predicted molar refractivity (Wildman–Crippen MR) is 79.1 cm³/mol. The summed E-state index contributed by atoms with van der Waals surface area (Å²) in [6.45, 7) is 0. The van der Waals surface area contributed by atoms with Gasteiger partial charge in [-0.2, -0.15) is 0 Å². The molecule has 0 heterocycles. The van der Waals surface area contributed by atoms with E-state index >= 15 is 0 Å². The molecule has 2 aromatic rings. The number of amides is 1. The molecule has 104 valence electrons. The molecule has 7 heteroatoms. The number of benzene rings is 2. The Bertz CT molecular complexity index is 668. The first kappa shape index (κ1) is 14.4. The van der Waals surface area contributed by atoms with E-state index in [9.17, 15) is 9.18 Å². The summed E-state index contributed by atoms with van der Waals surface area (Å²) in [5.74, 6) is -1.22. The summed E-state index contributed by atoms with van der Waals surface area (Å²) >= 11 is 11.8. The second kappa shape index (κ2) is 5.56. The van der Waals surface area contributed by atoms with Crippen molar-refractivity contribution in [1.29, 1.82) is 0 Å². The average Bonchev–Trinajstić information content (AvgIpc) is 2.34. The first-order valence-electron chi connectivity index (χ1n) is 5.49. The van der Waals surface area contributed by atoms with E-state index in [1.54, 1.807) is 12.1 Å². The molecule has 0 saturated carbocycles. The van der Waals surface area contributed by atoms with Crippen molar-refractivity contribution in [2.24, 2.45) is 5.73 Å². The van der Waals surface area contributed by atoms with E-state index in [0.29, 0.717) is 11.4 Å². The molecule has 1 amide bonds. The van der Waals surface area contributed by atoms with Gasteiger partial charge in [-0.25, -0.2) is 4.39 Å². The maximum absolute atomic E-state index is 13.1. The van der Waals surface area contributed by atoms with Gasteiger partial charge in [0.2, 0.25) is 0 Å². The molecule has 20 heavy (non-hydrogen) atoms. The van der Waals surface area contributed by atoms with Gasteiger partial charge in [0.15, 0.2) is 0 Å². The minimum absolute atomic E-state index is 0.0854. The molecule has 0 aliphatic carbocycles. The molecule has 0 radical (unpaired) electrons. The molecule has 2 rings (SSSR count). The molecule has 0 unspecified atom stereocenters. The zero-order chi connectivity index (χ0) is 14.9. The van der Waals surface area contributed by atoms with Crippen LogP contribution >= 0.6 is 23.2 Å². The third kappa shape index (κ3) is 2.95. The first-order valence-corrected chi connectivity index (χ1v) is 6.25. The van der Waals surface area contributed by atoms with Gasteiger partial charge in [-0.15, -0.1) is 0 Å². The molecular formula is C13H10Cl2FN3O. The van der Waals surface area contributed by atoms with E-state index < -0.39 is 11.7 Å². The van der Waals surface area contributed by atoms with E-state index in [2.05, 4.69) is 5.32 Å². The third-order valence-corrected chi connectivity index (χ3v) is 3.17. The van der Waals surface area contributed by atoms with Crippen molar-refractivity contribution in [2.75, 3.05) is 11.1 Å². The summed E-state index contributed by atoms with van der Waals surface area (Å²) in [7, 11) is 0. The lowest BCUT2D eigenvalue weighted by Crippen LogP contribution is -2.14. The van der Waals surface area contributed by atoms with Gasteiger partial charge in [-0.1, -0.05) is 23.2 Å². The topological polar surface area (TPSA) is 81.1 Å². The van der Waals surface area contributed by atoms with Crippen LogP contribution < -0.4 is 16.8 Å². The number of carbonyl (C=O) groups excluding carboxylic acids is 1. The van der Waals surface area contributed by atoms with Crippen LogP contribution in [0.3, 0.4) is 0 Å².